The molecule has 2 heterocycles. The van der Waals surface area contributed by atoms with Crippen LogP contribution in [0, 0.1) is 0 Å². The average Bonchev–Trinajstić information content (AvgIpc) is 2.90. The van der Waals surface area contributed by atoms with Crippen LogP contribution in [0.5, 0.6) is 0 Å². The van der Waals surface area contributed by atoms with Crippen LogP contribution in [0.15, 0.2) is 31.0 Å². The second-order valence-corrected chi connectivity index (χ2v) is 4.37. The molecule has 0 atom stereocenters. The fourth-order valence-corrected chi connectivity index (χ4v) is 1.79. The predicted molar refractivity (Wildman–Crippen MR) is 72.8 cm³/mol. The van der Waals surface area contributed by atoms with Gasteiger partial charge in [0.1, 0.15) is 5.15 Å². The molecule has 2 aromatic rings. The van der Waals surface area contributed by atoms with E-state index in [-0.39, 0.29) is 11.1 Å². The Hall–Kier alpha value is -2.08. The molecular formula is C12H14ClN5O. The van der Waals surface area contributed by atoms with E-state index in [0.29, 0.717) is 17.8 Å². The van der Waals surface area contributed by atoms with Gasteiger partial charge in [-0.3, -0.25) is 4.79 Å². The normalized spacial score (nSPS) is 10.4. The van der Waals surface area contributed by atoms with Gasteiger partial charge in [-0.05, 0) is 12.5 Å². The highest BCUT2D eigenvalue weighted by atomic mass is 35.5. The molecule has 7 heteroatoms. The van der Waals surface area contributed by atoms with Crippen molar-refractivity contribution in [3.8, 4) is 0 Å². The SMILES string of the molecule is Nc1cnc(Cl)c(C(=O)NCCCn2ccnc2)c1. The molecular weight excluding hydrogens is 266 g/mol. The number of nitrogens with one attached hydrogen (secondary N) is 1. The summed E-state index contributed by atoms with van der Waals surface area (Å²) in [5.74, 6) is -0.268. The molecule has 2 rings (SSSR count). The molecule has 0 saturated heterocycles. The number of imidazole rings is 1. The van der Waals surface area contributed by atoms with Gasteiger partial charge in [-0.2, -0.15) is 0 Å². The number of aromatic nitrogens is 3. The van der Waals surface area contributed by atoms with E-state index in [2.05, 4.69) is 15.3 Å². The number of nitrogens with zero attached hydrogens (tertiary/aromatic N) is 3. The maximum absolute atomic E-state index is 11.9. The molecule has 0 unspecified atom stereocenters. The van der Waals surface area contributed by atoms with Crippen LogP contribution in [0.2, 0.25) is 5.15 Å². The first-order valence-corrected chi connectivity index (χ1v) is 6.19. The number of carbonyl (C=O) groups is 1. The number of aryl methyl sites for hydroxylation is 1. The van der Waals surface area contributed by atoms with E-state index >= 15 is 0 Å². The van der Waals surface area contributed by atoms with Crippen molar-refractivity contribution in [3.63, 3.8) is 0 Å². The van der Waals surface area contributed by atoms with Gasteiger partial charge in [-0.15, -0.1) is 0 Å². The zero-order valence-electron chi connectivity index (χ0n) is 10.2. The standard InChI is InChI=1S/C12H14ClN5O/c13-11-10(6-9(14)7-17-11)12(19)16-2-1-4-18-5-3-15-8-18/h3,5-8H,1-2,4,14H2,(H,16,19). The summed E-state index contributed by atoms with van der Waals surface area (Å²) in [6, 6.07) is 1.51. The zero-order chi connectivity index (χ0) is 13.7. The number of hydrogen-bond donors (Lipinski definition) is 2. The minimum Gasteiger partial charge on any atom is -0.397 e. The molecule has 2 aromatic heterocycles. The van der Waals surface area contributed by atoms with E-state index < -0.39 is 0 Å². The fourth-order valence-electron chi connectivity index (χ4n) is 1.60. The van der Waals surface area contributed by atoms with Crippen molar-refractivity contribution in [1.29, 1.82) is 0 Å². The van der Waals surface area contributed by atoms with E-state index in [1.807, 2.05) is 10.8 Å². The van der Waals surface area contributed by atoms with Crippen molar-refractivity contribution < 1.29 is 4.79 Å². The van der Waals surface area contributed by atoms with Crippen LogP contribution in [-0.4, -0.2) is 27.0 Å². The van der Waals surface area contributed by atoms with Gasteiger partial charge in [0, 0.05) is 25.5 Å². The summed E-state index contributed by atoms with van der Waals surface area (Å²) in [5.41, 5.74) is 6.28. The van der Waals surface area contributed by atoms with E-state index in [4.69, 9.17) is 17.3 Å². The van der Waals surface area contributed by atoms with Gasteiger partial charge in [0.2, 0.25) is 0 Å². The third-order valence-electron chi connectivity index (χ3n) is 2.54. The van der Waals surface area contributed by atoms with Crippen LogP contribution in [0.1, 0.15) is 16.8 Å². The largest absolute Gasteiger partial charge is 0.397 e. The number of nitrogen functional groups attached to an aromatic ring is 1. The van der Waals surface area contributed by atoms with Gasteiger partial charge in [0.15, 0.2) is 0 Å². The highest BCUT2D eigenvalue weighted by Gasteiger charge is 2.11. The smallest absolute Gasteiger partial charge is 0.254 e. The molecule has 0 aliphatic heterocycles. The van der Waals surface area contributed by atoms with Crippen molar-refractivity contribution in [2.24, 2.45) is 0 Å². The van der Waals surface area contributed by atoms with E-state index in [1.54, 1.807) is 12.5 Å². The van der Waals surface area contributed by atoms with Gasteiger partial charge in [-0.25, -0.2) is 9.97 Å². The Balaban J connectivity index is 1.82. The quantitative estimate of drug-likeness (QED) is 0.639. The Bertz CT molecular complexity index is 555. The molecule has 0 radical (unpaired) electrons. The van der Waals surface area contributed by atoms with Gasteiger partial charge in [-0.1, -0.05) is 11.6 Å². The van der Waals surface area contributed by atoms with Crippen molar-refractivity contribution in [1.82, 2.24) is 19.9 Å². The number of nitrogens with two attached hydrogens (primary N) is 1. The molecule has 100 valence electrons. The lowest BCUT2D eigenvalue weighted by Gasteiger charge is -2.07. The van der Waals surface area contributed by atoms with Gasteiger partial charge in [0.05, 0.1) is 23.8 Å². The Labute approximate surface area is 115 Å². The first-order valence-electron chi connectivity index (χ1n) is 5.82. The van der Waals surface area contributed by atoms with Crippen molar-refractivity contribution in [2.75, 3.05) is 12.3 Å². The summed E-state index contributed by atoms with van der Waals surface area (Å²) >= 11 is 5.85. The van der Waals surface area contributed by atoms with Gasteiger partial charge >= 0.3 is 0 Å². The second kappa shape index (κ2) is 6.19. The maximum atomic E-state index is 11.9. The lowest BCUT2D eigenvalue weighted by atomic mass is 10.2. The molecule has 3 N–H and O–H groups in total. The number of carbonyl (C=O) groups excluding carboxylic acids is 1. The molecule has 0 fully saturated rings. The first-order chi connectivity index (χ1) is 9.16. The number of rotatable bonds is 5. The summed E-state index contributed by atoms with van der Waals surface area (Å²) < 4.78 is 1.95. The lowest BCUT2D eigenvalue weighted by molar-refractivity contribution is 0.0952. The third-order valence-corrected chi connectivity index (χ3v) is 2.84. The highest BCUT2D eigenvalue weighted by Crippen LogP contribution is 2.15. The summed E-state index contributed by atoms with van der Waals surface area (Å²) in [5, 5.41) is 2.93. The summed E-state index contributed by atoms with van der Waals surface area (Å²) in [6.45, 7) is 1.34. The van der Waals surface area contributed by atoms with Crippen LogP contribution in [0.3, 0.4) is 0 Å². The van der Waals surface area contributed by atoms with Crippen LogP contribution in [0.4, 0.5) is 5.69 Å². The predicted octanol–water partition coefficient (Wildman–Crippen LogP) is 1.33. The number of hydrogen-bond acceptors (Lipinski definition) is 4. The molecule has 0 bridgehead atoms. The van der Waals surface area contributed by atoms with Crippen LogP contribution >= 0.6 is 11.6 Å². The summed E-state index contributed by atoms with van der Waals surface area (Å²) in [7, 11) is 0. The van der Waals surface area contributed by atoms with E-state index in [9.17, 15) is 4.79 Å². The number of amides is 1. The molecule has 0 aliphatic carbocycles. The second-order valence-electron chi connectivity index (χ2n) is 4.02. The van der Waals surface area contributed by atoms with Crippen LogP contribution < -0.4 is 11.1 Å². The maximum Gasteiger partial charge on any atom is 0.254 e. The van der Waals surface area contributed by atoms with Crippen LogP contribution in [-0.2, 0) is 6.54 Å². The highest BCUT2D eigenvalue weighted by molar-refractivity contribution is 6.32. The Kier molecular flexibility index (Phi) is 4.35. The number of halogens is 1. The fraction of sp³-hybridized carbons (Fsp3) is 0.250. The van der Waals surface area contributed by atoms with Crippen LogP contribution in [0.25, 0.3) is 0 Å². The lowest BCUT2D eigenvalue weighted by Crippen LogP contribution is -2.25. The summed E-state index contributed by atoms with van der Waals surface area (Å²) in [6.07, 6.45) is 7.55. The van der Waals surface area contributed by atoms with Gasteiger partial charge in [0.25, 0.3) is 5.91 Å². The zero-order valence-corrected chi connectivity index (χ0v) is 11.0. The molecule has 0 spiro atoms. The molecule has 0 saturated carbocycles. The first kappa shape index (κ1) is 13.4. The van der Waals surface area contributed by atoms with E-state index in [0.717, 1.165) is 13.0 Å². The van der Waals surface area contributed by atoms with E-state index in [1.165, 1.54) is 12.3 Å². The van der Waals surface area contributed by atoms with Gasteiger partial charge < -0.3 is 15.6 Å². The number of pyridine rings is 1. The Morgan fingerprint density at radius 3 is 3.11 bits per heavy atom. The third kappa shape index (κ3) is 3.69. The molecule has 19 heavy (non-hydrogen) atoms. The minimum atomic E-state index is -0.268. The Morgan fingerprint density at radius 1 is 1.53 bits per heavy atom. The molecule has 1 amide bonds. The molecule has 6 nitrogen and oxygen atoms in total. The van der Waals surface area contributed by atoms with Crippen molar-refractivity contribution in [2.45, 2.75) is 13.0 Å². The summed E-state index contributed by atoms with van der Waals surface area (Å²) in [4.78, 5) is 19.6. The molecule has 0 aliphatic rings. The minimum absolute atomic E-state index is 0.154. The monoisotopic (exact) mass is 279 g/mol. The van der Waals surface area contributed by atoms with Crippen molar-refractivity contribution in [3.05, 3.63) is 41.7 Å². The van der Waals surface area contributed by atoms with Crippen molar-refractivity contribution >= 4 is 23.2 Å². The number of anilines is 1. The topological polar surface area (TPSA) is 85.8 Å². The molecule has 0 aromatic carbocycles. The Morgan fingerprint density at radius 2 is 2.37 bits per heavy atom. The average molecular weight is 280 g/mol.